The molecule has 0 spiro atoms. The summed E-state index contributed by atoms with van der Waals surface area (Å²) in [4.78, 5) is 12.8. The molecule has 33 heavy (non-hydrogen) atoms. The number of aromatic nitrogens is 1. The Labute approximate surface area is 195 Å². The van der Waals surface area contributed by atoms with Gasteiger partial charge in [0.1, 0.15) is 23.1 Å². The highest BCUT2D eigenvalue weighted by Gasteiger charge is 2.16. The van der Waals surface area contributed by atoms with Crippen LogP contribution in [0.2, 0.25) is 0 Å². The third-order valence-corrected chi connectivity index (χ3v) is 5.89. The summed E-state index contributed by atoms with van der Waals surface area (Å²) < 4.78 is 12.7. The molecule has 1 heterocycles. The predicted octanol–water partition coefficient (Wildman–Crippen LogP) is 4.95. The van der Waals surface area contributed by atoms with Gasteiger partial charge in [0, 0.05) is 35.2 Å². The Kier molecular flexibility index (Phi) is 7.24. The van der Waals surface area contributed by atoms with E-state index in [1.807, 2.05) is 38.1 Å². The van der Waals surface area contributed by atoms with Crippen LogP contribution in [0.5, 0.6) is 11.5 Å². The first-order chi connectivity index (χ1) is 15.8. The second-order valence-corrected chi connectivity index (χ2v) is 7.91. The Balaban J connectivity index is 1.86. The molecule has 0 aliphatic heterocycles. The minimum Gasteiger partial charge on any atom is -0.497 e. The average Bonchev–Trinajstić information content (AvgIpc) is 3.10. The predicted molar refractivity (Wildman–Crippen MR) is 130 cm³/mol. The van der Waals surface area contributed by atoms with E-state index in [-0.39, 0.29) is 12.1 Å². The van der Waals surface area contributed by atoms with Crippen molar-refractivity contribution in [2.45, 2.75) is 34.2 Å². The molecule has 3 aromatic rings. The van der Waals surface area contributed by atoms with Crippen LogP contribution in [-0.2, 0) is 11.3 Å². The van der Waals surface area contributed by atoms with E-state index >= 15 is 0 Å². The molecule has 6 heteroatoms. The molecule has 0 aliphatic rings. The summed E-state index contributed by atoms with van der Waals surface area (Å²) in [6.07, 6.45) is 1.64. The van der Waals surface area contributed by atoms with Crippen LogP contribution >= 0.6 is 0 Å². The maximum Gasteiger partial charge on any atom is 0.262 e. The summed E-state index contributed by atoms with van der Waals surface area (Å²) in [6.45, 7) is 8.43. The lowest BCUT2D eigenvalue weighted by atomic mass is 10.1. The second kappa shape index (κ2) is 10.1. The fraction of sp³-hybridized carbons (Fsp3) is 0.259. The average molecular weight is 444 g/mol. The van der Waals surface area contributed by atoms with Crippen molar-refractivity contribution < 1.29 is 14.3 Å². The van der Waals surface area contributed by atoms with Gasteiger partial charge < -0.3 is 19.4 Å². The largest absolute Gasteiger partial charge is 0.497 e. The summed E-state index contributed by atoms with van der Waals surface area (Å²) in [5.41, 5.74) is 7.18. The molecule has 1 aromatic heterocycles. The van der Waals surface area contributed by atoms with Gasteiger partial charge in [0.05, 0.1) is 14.2 Å². The number of hydrogen-bond acceptors (Lipinski definition) is 4. The monoisotopic (exact) mass is 443 g/mol. The molecule has 2 aromatic carbocycles. The van der Waals surface area contributed by atoms with Crippen LogP contribution in [0.4, 0.5) is 0 Å². The molecule has 0 saturated heterocycles. The van der Waals surface area contributed by atoms with E-state index in [1.54, 1.807) is 32.4 Å². The van der Waals surface area contributed by atoms with E-state index < -0.39 is 5.91 Å². The highest BCUT2D eigenvalue weighted by atomic mass is 16.5. The van der Waals surface area contributed by atoms with E-state index in [9.17, 15) is 10.1 Å². The van der Waals surface area contributed by atoms with Crippen molar-refractivity contribution in [3.8, 4) is 23.3 Å². The van der Waals surface area contributed by atoms with E-state index in [4.69, 9.17) is 9.47 Å². The molecule has 0 fully saturated rings. The maximum absolute atomic E-state index is 12.8. The van der Waals surface area contributed by atoms with Crippen molar-refractivity contribution >= 4 is 12.0 Å². The number of nitriles is 1. The fourth-order valence-corrected chi connectivity index (χ4v) is 3.86. The molecule has 0 aliphatic carbocycles. The number of nitrogens with one attached hydrogen (secondary N) is 1. The lowest BCUT2D eigenvalue weighted by molar-refractivity contribution is -0.117. The first-order valence-electron chi connectivity index (χ1n) is 10.7. The zero-order valence-electron chi connectivity index (χ0n) is 19.9. The van der Waals surface area contributed by atoms with E-state index in [2.05, 4.69) is 35.9 Å². The number of carbonyl (C=O) groups is 1. The Morgan fingerprint density at radius 1 is 1.09 bits per heavy atom. The van der Waals surface area contributed by atoms with Crippen LogP contribution in [0.25, 0.3) is 11.8 Å². The zero-order chi connectivity index (χ0) is 24.1. The van der Waals surface area contributed by atoms with Gasteiger partial charge in [0.15, 0.2) is 0 Å². The quantitative estimate of drug-likeness (QED) is 0.414. The number of aryl methyl sites for hydroxylation is 2. The maximum atomic E-state index is 12.8. The zero-order valence-corrected chi connectivity index (χ0v) is 19.9. The number of carbonyl (C=O) groups excluding carboxylic acids is 1. The number of ether oxygens (including phenoxy) is 2. The van der Waals surface area contributed by atoms with Crippen molar-refractivity contribution in [1.29, 1.82) is 5.26 Å². The Hall–Kier alpha value is -3.98. The number of amides is 1. The lowest BCUT2D eigenvalue weighted by Gasteiger charge is -2.14. The van der Waals surface area contributed by atoms with Gasteiger partial charge in [-0.15, -0.1) is 0 Å². The molecule has 0 radical (unpaired) electrons. The number of methoxy groups -OCH3 is 2. The van der Waals surface area contributed by atoms with Crippen LogP contribution in [0.3, 0.4) is 0 Å². The highest BCUT2D eigenvalue weighted by molar-refractivity contribution is 6.01. The molecule has 0 unspecified atom stereocenters. The van der Waals surface area contributed by atoms with Crippen molar-refractivity contribution in [3.05, 3.63) is 81.7 Å². The summed E-state index contributed by atoms with van der Waals surface area (Å²) in [5.74, 6) is 0.833. The molecule has 1 N–H and O–H groups in total. The molecule has 6 nitrogen and oxygen atoms in total. The van der Waals surface area contributed by atoms with Gasteiger partial charge >= 0.3 is 0 Å². The number of hydrogen-bond donors (Lipinski definition) is 1. The summed E-state index contributed by atoms with van der Waals surface area (Å²) >= 11 is 0. The standard InChI is InChI=1S/C27H29N3O3/c1-17-8-7-9-25(19(17)3)30-18(2)12-22(20(30)4)13-23(15-28)27(31)29-16-21-10-11-24(32-5)14-26(21)33-6/h7-14H,16H2,1-6H3,(H,29,31)/b23-13+. The molecule has 0 atom stereocenters. The van der Waals surface area contributed by atoms with Crippen LogP contribution in [0.15, 0.2) is 48.0 Å². The molecule has 0 bridgehead atoms. The number of benzene rings is 2. The number of nitrogens with zero attached hydrogens (tertiary/aromatic N) is 2. The molecule has 1 amide bonds. The molecule has 0 saturated carbocycles. The summed E-state index contributed by atoms with van der Waals surface area (Å²) in [5, 5.41) is 12.5. The van der Waals surface area contributed by atoms with Gasteiger partial charge in [0.25, 0.3) is 5.91 Å². The smallest absolute Gasteiger partial charge is 0.262 e. The van der Waals surface area contributed by atoms with Crippen LogP contribution < -0.4 is 14.8 Å². The third-order valence-electron chi connectivity index (χ3n) is 5.89. The van der Waals surface area contributed by atoms with Crippen LogP contribution in [0, 0.1) is 39.0 Å². The van der Waals surface area contributed by atoms with Gasteiger partial charge in [-0.25, -0.2) is 0 Å². The minimum atomic E-state index is -0.438. The van der Waals surface area contributed by atoms with Crippen molar-refractivity contribution in [2.75, 3.05) is 14.2 Å². The highest BCUT2D eigenvalue weighted by Crippen LogP contribution is 2.27. The van der Waals surface area contributed by atoms with Gasteiger partial charge in [-0.05, 0) is 74.7 Å². The van der Waals surface area contributed by atoms with Gasteiger partial charge in [-0.3, -0.25) is 4.79 Å². The number of rotatable bonds is 7. The van der Waals surface area contributed by atoms with Gasteiger partial charge in [-0.1, -0.05) is 12.1 Å². The van der Waals surface area contributed by atoms with E-state index in [1.165, 1.54) is 11.1 Å². The second-order valence-electron chi connectivity index (χ2n) is 7.91. The fourth-order valence-electron chi connectivity index (χ4n) is 3.86. The van der Waals surface area contributed by atoms with Crippen LogP contribution in [-0.4, -0.2) is 24.7 Å². The summed E-state index contributed by atoms with van der Waals surface area (Å²) in [6, 6.07) is 15.6. The van der Waals surface area contributed by atoms with Crippen molar-refractivity contribution in [1.82, 2.24) is 9.88 Å². The third kappa shape index (κ3) is 4.93. The first-order valence-corrected chi connectivity index (χ1v) is 10.7. The van der Waals surface area contributed by atoms with Crippen LogP contribution in [0.1, 0.15) is 33.6 Å². The molecular weight excluding hydrogens is 414 g/mol. The Morgan fingerprint density at radius 3 is 2.52 bits per heavy atom. The van der Waals surface area contributed by atoms with Crippen molar-refractivity contribution in [2.24, 2.45) is 0 Å². The first kappa shape index (κ1) is 23.7. The molecule has 170 valence electrons. The summed E-state index contributed by atoms with van der Waals surface area (Å²) in [7, 11) is 3.14. The molecule has 3 rings (SSSR count). The SMILES string of the molecule is COc1ccc(CNC(=O)/C(C#N)=C/c2cc(C)n(-c3cccc(C)c3C)c2C)c(OC)c1. The van der Waals surface area contributed by atoms with E-state index in [0.717, 1.165) is 28.2 Å². The molecular formula is C27H29N3O3. The normalized spacial score (nSPS) is 11.1. The van der Waals surface area contributed by atoms with Gasteiger partial charge in [0.2, 0.25) is 0 Å². The Morgan fingerprint density at radius 2 is 1.85 bits per heavy atom. The van der Waals surface area contributed by atoms with Gasteiger partial charge in [-0.2, -0.15) is 5.26 Å². The Bertz CT molecular complexity index is 1260. The topological polar surface area (TPSA) is 76.3 Å². The minimum absolute atomic E-state index is 0.0451. The van der Waals surface area contributed by atoms with Crippen molar-refractivity contribution in [3.63, 3.8) is 0 Å². The van der Waals surface area contributed by atoms with E-state index in [0.29, 0.717) is 11.5 Å². The lowest BCUT2D eigenvalue weighted by Crippen LogP contribution is -2.24.